The van der Waals surface area contributed by atoms with Gasteiger partial charge in [0.2, 0.25) is 0 Å². The van der Waals surface area contributed by atoms with Gasteiger partial charge in [0, 0.05) is 11.4 Å². The second-order valence-electron chi connectivity index (χ2n) is 4.34. The van der Waals surface area contributed by atoms with Crippen LogP contribution in [0.25, 0.3) is 0 Å². The van der Waals surface area contributed by atoms with Crippen molar-refractivity contribution in [1.29, 1.82) is 0 Å². The molecule has 18 heavy (non-hydrogen) atoms. The molecule has 1 aliphatic rings. The van der Waals surface area contributed by atoms with Gasteiger partial charge in [-0.3, -0.25) is 0 Å². The summed E-state index contributed by atoms with van der Waals surface area (Å²) in [5.41, 5.74) is 7.01. The van der Waals surface area contributed by atoms with Gasteiger partial charge in [-0.1, -0.05) is 36.4 Å². The van der Waals surface area contributed by atoms with E-state index in [1.54, 1.807) is 0 Å². The lowest BCUT2D eigenvalue weighted by molar-refractivity contribution is 0.970. The molecule has 2 aromatic rings. The maximum Gasteiger partial charge on any atom is 0.0655 e. The minimum absolute atomic E-state index is 1.06. The largest absolute Gasteiger partial charge is 0.307 e. The Bertz CT molecular complexity index is 538. The molecular weight excluding hydrogens is 218 g/mol. The van der Waals surface area contributed by atoms with Gasteiger partial charge in [-0.25, -0.2) is 0 Å². The smallest absolute Gasteiger partial charge is 0.0655 e. The van der Waals surface area contributed by atoms with Crippen LogP contribution < -0.4 is 4.90 Å². The molecule has 2 aromatic carbocycles. The van der Waals surface area contributed by atoms with Crippen molar-refractivity contribution < 1.29 is 0 Å². The van der Waals surface area contributed by atoms with E-state index in [9.17, 15) is 0 Å². The van der Waals surface area contributed by atoms with Crippen LogP contribution in [0.3, 0.4) is 0 Å². The third-order valence-corrected chi connectivity index (χ3v) is 3.09. The average Bonchev–Trinajstić information content (AvgIpc) is 2.95. The predicted molar refractivity (Wildman–Crippen MR) is 75.9 cm³/mol. The summed E-state index contributed by atoms with van der Waals surface area (Å²) in [6, 6.07) is 20.9. The standard InChI is InChI=1S/C17H15N/c1-3-9-15(10-4-1)18(17-13-7-8-14-17)16-11-5-2-6-12-16/h1-7,9-12H,8,14H2. The summed E-state index contributed by atoms with van der Waals surface area (Å²) in [6.45, 7) is 0. The highest BCUT2D eigenvalue weighted by Gasteiger charge is 2.15. The third kappa shape index (κ3) is 2.09. The van der Waals surface area contributed by atoms with Crippen LogP contribution in [-0.2, 0) is 0 Å². The molecule has 1 aliphatic carbocycles. The fourth-order valence-corrected chi connectivity index (χ4v) is 2.26. The average molecular weight is 233 g/mol. The summed E-state index contributed by atoms with van der Waals surface area (Å²) in [6.07, 6.45) is 4.27. The Morgan fingerprint density at radius 3 is 1.78 bits per heavy atom. The fraction of sp³-hybridized carbons (Fsp3) is 0.118. The Labute approximate surface area is 108 Å². The number of allylic oxidation sites excluding steroid dienone is 1. The number of benzene rings is 2. The van der Waals surface area contributed by atoms with Crippen molar-refractivity contribution in [3.8, 4) is 0 Å². The molecule has 0 atom stereocenters. The van der Waals surface area contributed by atoms with Crippen molar-refractivity contribution in [1.82, 2.24) is 0 Å². The number of hydrogen-bond acceptors (Lipinski definition) is 1. The van der Waals surface area contributed by atoms with Crippen LogP contribution in [0.1, 0.15) is 12.8 Å². The molecule has 0 amide bonds. The lowest BCUT2D eigenvalue weighted by Gasteiger charge is -2.25. The van der Waals surface area contributed by atoms with Gasteiger partial charge >= 0.3 is 0 Å². The minimum Gasteiger partial charge on any atom is -0.307 e. The van der Waals surface area contributed by atoms with Gasteiger partial charge in [-0.05, 0) is 43.2 Å². The van der Waals surface area contributed by atoms with E-state index in [1.165, 1.54) is 17.1 Å². The second kappa shape index (κ2) is 4.95. The van der Waals surface area contributed by atoms with E-state index in [0.717, 1.165) is 12.8 Å². The molecule has 0 spiro atoms. The maximum atomic E-state index is 3.37. The first-order valence-corrected chi connectivity index (χ1v) is 6.29. The van der Waals surface area contributed by atoms with Crippen molar-refractivity contribution in [3.63, 3.8) is 0 Å². The number of para-hydroxylation sites is 2. The molecule has 0 bridgehead atoms. The van der Waals surface area contributed by atoms with E-state index in [0.29, 0.717) is 0 Å². The first-order chi connectivity index (χ1) is 8.95. The zero-order valence-electron chi connectivity index (χ0n) is 10.2. The van der Waals surface area contributed by atoms with Crippen LogP contribution >= 0.6 is 0 Å². The van der Waals surface area contributed by atoms with Crippen LogP contribution in [0.4, 0.5) is 11.4 Å². The van der Waals surface area contributed by atoms with E-state index in [4.69, 9.17) is 0 Å². The fourth-order valence-electron chi connectivity index (χ4n) is 2.26. The Balaban J connectivity index is 2.08. The van der Waals surface area contributed by atoms with E-state index in [2.05, 4.69) is 65.2 Å². The highest BCUT2D eigenvalue weighted by atomic mass is 15.1. The minimum atomic E-state index is 1.06. The summed E-state index contributed by atoms with van der Waals surface area (Å²) in [7, 11) is 0. The van der Waals surface area contributed by atoms with Crippen molar-refractivity contribution >= 4 is 11.4 Å². The van der Waals surface area contributed by atoms with Gasteiger partial charge in [0.05, 0.1) is 5.70 Å². The Kier molecular flexibility index (Phi) is 2.99. The molecule has 0 aliphatic heterocycles. The second-order valence-corrected chi connectivity index (χ2v) is 4.34. The number of hydrogen-bond donors (Lipinski definition) is 0. The number of rotatable bonds is 3. The molecule has 0 unspecified atom stereocenters. The van der Waals surface area contributed by atoms with Crippen LogP contribution in [0, 0.1) is 0 Å². The van der Waals surface area contributed by atoms with E-state index in [1.807, 2.05) is 12.1 Å². The highest BCUT2D eigenvalue weighted by Crippen LogP contribution is 2.32. The first-order valence-electron chi connectivity index (χ1n) is 6.29. The van der Waals surface area contributed by atoms with Crippen LogP contribution in [-0.4, -0.2) is 0 Å². The van der Waals surface area contributed by atoms with Crippen molar-refractivity contribution in [2.24, 2.45) is 0 Å². The van der Waals surface area contributed by atoms with Crippen LogP contribution in [0.15, 0.2) is 78.2 Å². The van der Waals surface area contributed by atoms with Crippen LogP contribution in [0.2, 0.25) is 0 Å². The summed E-state index contributed by atoms with van der Waals surface area (Å²) in [5, 5.41) is 0. The molecule has 0 fully saturated rings. The van der Waals surface area contributed by atoms with Gasteiger partial charge in [-0.15, -0.1) is 5.73 Å². The molecule has 1 heteroatoms. The summed E-state index contributed by atoms with van der Waals surface area (Å²) in [4.78, 5) is 2.28. The Morgan fingerprint density at radius 2 is 1.33 bits per heavy atom. The molecule has 88 valence electrons. The van der Waals surface area contributed by atoms with Gasteiger partial charge in [0.25, 0.3) is 0 Å². The molecular formula is C17H15N. The highest BCUT2D eigenvalue weighted by molar-refractivity contribution is 5.68. The Morgan fingerprint density at radius 1 is 0.778 bits per heavy atom. The van der Waals surface area contributed by atoms with E-state index < -0.39 is 0 Å². The van der Waals surface area contributed by atoms with Crippen molar-refractivity contribution in [2.45, 2.75) is 12.8 Å². The maximum absolute atomic E-state index is 3.37. The first kappa shape index (κ1) is 10.9. The van der Waals surface area contributed by atoms with Crippen LogP contribution in [0.5, 0.6) is 0 Å². The van der Waals surface area contributed by atoms with Crippen molar-refractivity contribution in [2.75, 3.05) is 4.90 Å². The summed E-state index contributed by atoms with van der Waals surface area (Å²) >= 11 is 0. The molecule has 0 aromatic heterocycles. The van der Waals surface area contributed by atoms with E-state index >= 15 is 0 Å². The Hall–Kier alpha value is -2.24. The lowest BCUT2D eigenvalue weighted by atomic mass is 10.2. The molecule has 3 rings (SSSR count). The summed E-state index contributed by atoms with van der Waals surface area (Å²) < 4.78 is 0. The monoisotopic (exact) mass is 233 g/mol. The van der Waals surface area contributed by atoms with Gasteiger partial charge in [0.1, 0.15) is 0 Å². The quantitative estimate of drug-likeness (QED) is 0.697. The third-order valence-electron chi connectivity index (χ3n) is 3.09. The normalized spacial score (nSPS) is 13.4. The zero-order valence-corrected chi connectivity index (χ0v) is 10.2. The SMILES string of the molecule is C1=CCCC=1N(c1ccccc1)c1ccccc1. The van der Waals surface area contributed by atoms with Crippen molar-refractivity contribution in [3.05, 3.63) is 78.2 Å². The topological polar surface area (TPSA) is 3.24 Å². The van der Waals surface area contributed by atoms with Gasteiger partial charge in [-0.2, -0.15) is 0 Å². The molecule has 0 N–H and O–H groups in total. The van der Waals surface area contributed by atoms with E-state index in [-0.39, 0.29) is 0 Å². The molecule has 1 nitrogen and oxygen atoms in total. The lowest BCUT2D eigenvalue weighted by Crippen LogP contribution is -2.14. The zero-order chi connectivity index (χ0) is 12.2. The van der Waals surface area contributed by atoms with Gasteiger partial charge < -0.3 is 4.90 Å². The number of nitrogens with zero attached hydrogens (tertiary/aromatic N) is 1. The molecule has 0 saturated heterocycles. The number of anilines is 2. The molecule has 0 radical (unpaired) electrons. The molecule has 0 saturated carbocycles. The molecule has 0 heterocycles. The predicted octanol–water partition coefficient (Wildman–Crippen LogP) is 4.66. The summed E-state index contributed by atoms with van der Waals surface area (Å²) in [5.74, 6) is 0. The van der Waals surface area contributed by atoms with Gasteiger partial charge in [0.15, 0.2) is 0 Å².